The molecule has 0 unspecified atom stereocenters. The fourth-order valence-corrected chi connectivity index (χ4v) is 3.76. The molecule has 2 aliphatic rings. The molecule has 0 saturated carbocycles. The van der Waals surface area contributed by atoms with Crippen molar-refractivity contribution in [3.63, 3.8) is 0 Å². The molecule has 4 rings (SSSR count). The smallest absolute Gasteiger partial charge is 0.150 e. The second-order valence-electron chi connectivity index (χ2n) is 7.86. The van der Waals surface area contributed by atoms with Crippen LogP contribution in [0.5, 0.6) is 0 Å². The summed E-state index contributed by atoms with van der Waals surface area (Å²) in [5.41, 5.74) is 6.50. The van der Waals surface area contributed by atoms with E-state index in [0.717, 1.165) is 88.6 Å². The predicted molar refractivity (Wildman–Crippen MR) is 125 cm³/mol. The largest absolute Gasteiger partial charge is 0.379 e. The maximum absolute atomic E-state index is 5.51. The van der Waals surface area contributed by atoms with E-state index in [4.69, 9.17) is 14.5 Å². The SMILES string of the molecule is Cc1cccc(C=NNc2cc(N3CCOCC3)cc(NCCN3CCOCC3)n2)c1. The number of hydrogen-bond donors (Lipinski definition) is 2. The van der Waals surface area contributed by atoms with Gasteiger partial charge >= 0.3 is 0 Å². The number of nitrogens with one attached hydrogen (secondary N) is 2. The number of aryl methyl sites for hydroxylation is 1. The quantitative estimate of drug-likeness (QED) is 0.498. The number of hydrogen-bond acceptors (Lipinski definition) is 8. The second kappa shape index (κ2) is 11.1. The van der Waals surface area contributed by atoms with Crippen molar-refractivity contribution >= 4 is 23.5 Å². The van der Waals surface area contributed by atoms with E-state index in [1.807, 2.05) is 24.4 Å². The number of pyridine rings is 1. The van der Waals surface area contributed by atoms with Crippen LogP contribution in [0.15, 0.2) is 41.5 Å². The van der Waals surface area contributed by atoms with Crippen LogP contribution in [0.25, 0.3) is 0 Å². The molecule has 0 radical (unpaired) electrons. The highest BCUT2D eigenvalue weighted by Crippen LogP contribution is 2.23. The molecule has 1 aromatic carbocycles. The molecule has 3 heterocycles. The van der Waals surface area contributed by atoms with Gasteiger partial charge in [0.1, 0.15) is 5.82 Å². The highest BCUT2D eigenvalue weighted by atomic mass is 16.5. The Balaban J connectivity index is 1.43. The van der Waals surface area contributed by atoms with E-state index in [9.17, 15) is 0 Å². The van der Waals surface area contributed by atoms with Crippen LogP contribution >= 0.6 is 0 Å². The maximum Gasteiger partial charge on any atom is 0.150 e. The normalized spacial score (nSPS) is 17.8. The number of benzene rings is 1. The zero-order valence-electron chi connectivity index (χ0n) is 18.2. The maximum atomic E-state index is 5.51. The molecular formula is C23H32N6O2. The number of ether oxygens (including phenoxy) is 2. The zero-order chi connectivity index (χ0) is 21.3. The van der Waals surface area contributed by atoms with Gasteiger partial charge in [0.05, 0.1) is 32.6 Å². The first-order valence-electron chi connectivity index (χ1n) is 11.0. The molecule has 8 heteroatoms. The first-order chi connectivity index (χ1) is 15.3. The monoisotopic (exact) mass is 424 g/mol. The summed E-state index contributed by atoms with van der Waals surface area (Å²) in [5, 5.41) is 7.89. The Morgan fingerprint density at radius 2 is 1.74 bits per heavy atom. The molecule has 2 aliphatic heterocycles. The van der Waals surface area contributed by atoms with E-state index < -0.39 is 0 Å². The summed E-state index contributed by atoms with van der Waals surface area (Å²) >= 11 is 0. The molecule has 0 amide bonds. The standard InChI is InChI=1S/C23H32N6O2/c1-19-3-2-4-20(15-19)18-25-27-23-17-21(29-9-13-31-14-10-29)16-22(26-23)24-5-6-28-7-11-30-12-8-28/h2-4,15-18H,5-14H2,1H3,(H2,24,26,27). The molecular weight excluding hydrogens is 392 g/mol. The zero-order valence-corrected chi connectivity index (χ0v) is 18.2. The summed E-state index contributed by atoms with van der Waals surface area (Å²) in [6.07, 6.45) is 1.82. The molecule has 31 heavy (non-hydrogen) atoms. The van der Waals surface area contributed by atoms with Gasteiger partial charge in [-0.3, -0.25) is 10.3 Å². The fourth-order valence-electron chi connectivity index (χ4n) is 3.76. The average Bonchev–Trinajstić information content (AvgIpc) is 2.80. The molecule has 2 fully saturated rings. The van der Waals surface area contributed by atoms with Gasteiger partial charge in [0.2, 0.25) is 0 Å². The summed E-state index contributed by atoms with van der Waals surface area (Å²) in [6.45, 7) is 10.8. The summed E-state index contributed by atoms with van der Waals surface area (Å²) in [5.74, 6) is 1.58. The lowest BCUT2D eigenvalue weighted by atomic mass is 10.2. The third-order valence-electron chi connectivity index (χ3n) is 5.46. The fraction of sp³-hybridized carbons (Fsp3) is 0.478. The third kappa shape index (κ3) is 6.65. The van der Waals surface area contributed by atoms with Crippen molar-refractivity contribution in [2.75, 3.05) is 81.3 Å². The molecule has 8 nitrogen and oxygen atoms in total. The Bertz CT molecular complexity index is 863. The van der Waals surface area contributed by atoms with E-state index in [1.165, 1.54) is 5.56 Å². The molecule has 2 saturated heterocycles. The van der Waals surface area contributed by atoms with Crippen molar-refractivity contribution in [1.82, 2.24) is 9.88 Å². The van der Waals surface area contributed by atoms with Crippen LogP contribution < -0.4 is 15.6 Å². The van der Waals surface area contributed by atoms with Crippen molar-refractivity contribution in [1.29, 1.82) is 0 Å². The minimum atomic E-state index is 0.724. The van der Waals surface area contributed by atoms with E-state index in [2.05, 4.69) is 50.8 Å². The molecule has 0 aliphatic carbocycles. The minimum Gasteiger partial charge on any atom is -0.379 e. The lowest BCUT2D eigenvalue weighted by Gasteiger charge is -2.29. The van der Waals surface area contributed by atoms with Crippen molar-refractivity contribution in [2.24, 2.45) is 5.10 Å². The van der Waals surface area contributed by atoms with Gasteiger partial charge in [-0.25, -0.2) is 4.98 Å². The van der Waals surface area contributed by atoms with Crippen molar-refractivity contribution in [3.8, 4) is 0 Å². The average molecular weight is 425 g/mol. The Hall–Kier alpha value is -2.68. The summed E-state index contributed by atoms with van der Waals surface area (Å²) < 4.78 is 10.9. The number of aromatic nitrogens is 1. The van der Waals surface area contributed by atoms with Gasteiger partial charge in [0.25, 0.3) is 0 Å². The number of hydrazone groups is 1. The van der Waals surface area contributed by atoms with Gasteiger partial charge in [-0.2, -0.15) is 5.10 Å². The predicted octanol–water partition coefficient (Wildman–Crippen LogP) is 2.42. The minimum absolute atomic E-state index is 0.724. The van der Waals surface area contributed by atoms with Crippen LogP contribution in [0.2, 0.25) is 0 Å². The van der Waals surface area contributed by atoms with Crippen LogP contribution in [0, 0.1) is 6.92 Å². The van der Waals surface area contributed by atoms with Gasteiger partial charge in [-0.1, -0.05) is 29.8 Å². The first kappa shape index (κ1) is 21.5. The van der Waals surface area contributed by atoms with Crippen molar-refractivity contribution < 1.29 is 9.47 Å². The van der Waals surface area contributed by atoms with Crippen LogP contribution in [0.3, 0.4) is 0 Å². The van der Waals surface area contributed by atoms with Crippen LogP contribution in [-0.4, -0.2) is 81.8 Å². The summed E-state index contributed by atoms with van der Waals surface area (Å²) in [7, 11) is 0. The van der Waals surface area contributed by atoms with Crippen LogP contribution in [0.4, 0.5) is 17.3 Å². The topological polar surface area (TPSA) is 74.2 Å². The number of morpholine rings is 2. The Morgan fingerprint density at radius 3 is 2.52 bits per heavy atom. The van der Waals surface area contributed by atoms with Gasteiger partial charge in [-0.05, 0) is 12.5 Å². The highest BCUT2D eigenvalue weighted by Gasteiger charge is 2.14. The van der Waals surface area contributed by atoms with Gasteiger partial charge in [0, 0.05) is 57.1 Å². The van der Waals surface area contributed by atoms with E-state index >= 15 is 0 Å². The first-order valence-corrected chi connectivity index (χ1v) is 11.0. The number of rotatable bonds is 8. The number of anilines is 3. The molecule has 1 aromatic heterocycles. The van der Waals surface area contributed by atoms with E-state index in [0.29, 0.717) is 0 Å². The Kier molecular flexibility index (Phi) is 7.71. The highest BCUT2D eigenvalue weighted by molar-refractivity contribution is 5.80. The Labute approximate surface area is 184 Å². The Morgan fingerprint density at radius 1 is 1.00 bits per heavy atom. The molecule has 0 atom stereocenters. The van der Waals surface area contributed by atoms with Crippen molar-refractivity contribution in [3.05, 3.63) is 47.5 Å². The molecule has 2 N–H and O–H groups in total. The lowest BCUT2D eigenvalue weighted by Crippen LogP contribution is -2.39. The second-order valence-corrected chi connectivity index (χ2v) is 7.86. The molecule has 0 spiro atoms. The number of nitrogens with zero attached hydrogens (tertiary/aromatic N) is 4. The summed E-state index contributed by atoms with van der Waals surface area (Å²) in [4.78, 5) is 9.46. The van der Waals surface area contributed by atoms with Crippen molar-refractivity contribution in [2.45, 2.75) is 6.92 Å². The molecule has 2 aromatic rings. The van der Waals surface area contributed by atoms with Crippen LogP contribution in [-0.2, 0) is 9.47 Å². The van der Waals surface area contributed by atoms with E-state index in [1.54, 1.807) is 0 Å². The lowest BCUT2D eigenvalue weighted by molar-refractivity contribution is 0.0398. The van der Waals surface area contributed by atoms with Crippen LogP contribution in [0.1, 0.15) is 11.1 Å². The molecule has 0 bridgehead atoms. The van der Waals surface area contributed by atoms with Gasteiger partial charge in [0.15, 0.2) is 5.82 Å². The molecule has 166 valence electrons. The van der Waals surface area contributed by atoms with E-state index in [-0.39, 0.29) is 0 Å². The van der Waals surface area contributed by atoms with Gasteiger partial charge < -0.3 is 19.7 Å². The third-order valence-corrected chi connectivity index (χ3v) is 5.46. The van der Waals surface area contributed by atoms with Gasteiger partial charge in [-0.15, -0.1) is 0 Å². The summed E-state index contributed by atoms with van der Waals surface area (Å²) in [6, 6.07) is 12.4.